The molecule has 0 radical (unpaired) electrons. The van der Waals surface area contributed by atoms with Crippen molar-refractivity contribution in [3.63, 3.8) is 0 Å². The van der Waals surface area contributed by atoms with E-state index in [1.165, 1.54) is 4.90 Å². The highest BCUT2D eigenvalue weighted by Gasteiger charge is 2.12. The summed E-state index contributed by atoms with van der Waals surface area (Å²) < 4.78 is 0. The minimum atomic E-state index is -0.169. The van der Waals surface area contributed by atoms with Gasteiger partial charge in [-0.15, -0.1) is 11.6 Å². The monoisotopic (exact) mass is 302 g/mol. The number of hydrogen-bond donors (Lipinski definition) is 1. The summed E-state index contributed by atoms with van der Waals surface area (Å²) in [7, 11) is 3.32. The summed E-state index contributed by atoms with van der Waals surface area (Å²) in [5, 5.41) is 3.08. The van der Waals surface area contributed by atoms with Crippen LogP contribution in [0.2, 0.25) is 5.02 Å². The zero-order valence-electron chi connectivity index (χ0n) is 10.9. The van der Waals surface area contributed by atoms with Crippen LogP contribution in [-0.2, 0) is 4.79 Å². The molecule has 1 aromatic rings. The molecular formula is C13H16Cl2N2O2. The van der Waals surface area contributed by atoms with Crippen LogP contribution in [0, 0.1) is 0 Å². The van der Waals surface area contributed by atoms with Gasteiger partial charge in [0.2, 0.25) is 5.91 Å². The van der Waals surface area contributed by atoms with Crippen molar-refractivity contribution in [2.45, 2.75) is 12.8 Å². The number of carbonyl (C=O) groups is 2. The van der Waals surface area contributed by atoms with Gasteiger partial charge in [-0.05, 0) is 24.6 Å². The van der Waals surface area contributed by atoms with Gasteiger partial charge >= 0.3 is 0 Å². The van der Waals surface area contributed by atoms with Crippen LogP contribution in [0.4, 0.5) is 5.69 Å². The molecule has 0 heterocycles. The fourth-order valence-corrected chi connectivity index (χ4v) is 1.75. The first-order valence-electron chi connectivity index (χ1n) is 5.82. The Morgan fingerprint density at radius 3 is 2.58 bits per heavy atom. The van der Waals surface area contributed by atoms with Crippen LogP contribution in [0.25, 0.3) is 0 Å². The van der Waals surface area contributed by atoms with E-state index in [1.807, 2.05) is 0 Å². The van der Waals surface area contributed by atoms with E-state index < -0.39 is 0 Å². The normalized spacial score (nSPS) is 10.1. The molecule has 6 heteroatoms. The fraction of sp³-hybridized carbons (Fsp3) is 0.385. The van der Waals surface area contributed by atoms with Gasteiger partial charge < -0.3 is 10.2 Å². The van der Waals surface area contributed by atoms with Crippen molar-refractivity contribution in [3.05, 3.63) is 28.8 Å². The molecule has 19 heavy (non-hydrogen) atoms. The highest BCUT2D eigenvalue weighted by molar-refractivity contribution is 6.33. The maximum atomic E-state index is 11.8. The molecule has 0 unspecified atom stereocenters. The average Bonchev–Trinajstić information content (AvgIpc) is 2.38. The quantitative estimate of drug-likeness (QED) is 0.850. The maximum absolute atomic E-state index is 11.8. The molecule has 0 aromatic heterocycles. The summed E-state index contributed by atoms with van der Waals surface area (Å²) >= 11 is 11.5. The van der Waals surface area contributed by atoms with Gasteiger partial charge in [-0.25, -0.2) is 0 Å². The minimum absolute atomic E-state index is 0.145. The first kappa shape index (κ1) is 15.8. The van der Waals surface area contributed by atoms with E-state index in [-0.39, 0.29) is 11.8 Å². The van der Waals surface area contributed by atoms with Crippen LogP contribution in [-0.4, -0.2) is 36.7 Å². The lowest BCUT2D eigenvalue weighted by atomic mass is 10.1. The molecule has 2 amide bonds. The van der Waals surface area contributed by atoms with Crippen LogP contribution in [0.3, 0.4) is 0 Å². The number of anilines is 1. The standard InChI is InChI=1S/C13H16Cl2N2O2/c1-17(2)13(19)9-5-6-10(15)11(8-9)16-12(18)4-3-7-14/h5-6,8H,3-4,7H2,1-2H3,(H,16,18). The second kappa shape index (κ2) is 7.36. The fourth-order valence-electron chi connectivity index (χ4n) is 1.45. The SMILES string of the molecule is CN(C)C(=O)c1ccc(Cl)c(NC(=O)CCCCl)c1. The predicted molar refractivity (Wildman–Crippen MR) is 78.1 cm³/mol. The van der Waals surface area contributed by atoms with Gasteiger partial charge in [0.05, 0.1) is 10.7 Å². The molecule has 0 atom stereocenters. The number of halogens is 2. The lowest BCUT2D eigenvalue weighted by molar-refractivity contribution is -0.116. The summed E-state index contributed by atoms with van der Waals surface area (Å²) in [6, 6.07) is 4.79. The van der Waals surface area contributed by atoms with Crippen molar-refractivity contribution in [3.8, 4) is 0 Å². The van der Waals surface area contributed by atoms with E-state index in [0.717, 1.165) is 0 Å². The number of amides is 2. The largest absolute Gasteiger partial charge is 0.345 e. The smallest absolute Gasteiger partial charge is 0.253 e. The van der Waals surface area contributed by atoms with Crippen molar-refractivity contribution in [1.82, 2.24) is 4.90 Å². The van der Waals surface area contributed by atoms with Crippen LogP contribution in [0.15, 0.2) is 18.2 Å². The van der Waals surface area contributed by atoms with E-state index in [9.17, 15) is 9.59 Å². The van der Waals surface area contributed by atoms with E-state index in [1.54, 1.807) is 32.3 Å². The van der Waals surface area contributed by atoms with Gasteiger partial charge in [-0.3, -0.25) is 9.59 Å². The second-order valence-electron chi connectivity index (χ2n) is 4.23. The van der Waals surface area contributed by atoms with Crippen molar-refractivity contribution in [2.24, 2.45) is 0 Å². The van der Waals surface area contributed by atoms with Gasteiger partial charge in [0.25, 0.3) is 5.91 Å². The molecule has 0 fully saturated rings. The third-order valence-electron chi connectivity index (χ3n) is 2.43. The van der Waals surface area contributed by atoms with Crippen LogP contribution in [0.5, 0.6) is 0 Å². The number of nitrogens with zero attached hydrogens (tertiary/aromatic N) is 1. The van der Waals surface area contributed by atoms with Crippen molar-refractivity contribution in [2.75, 3.05) is 25.3 Å². The molecule has 0 saturated carbocycles. The Kier molecular flexibility index (Phi) is 6.12. The molecule has 0 aliphatic rings. The Morgan fingerprint density at radius 1 is 1.32 bits per heavy atom. The molecule has 1 N–H and O–H groups in total. The Morgan fingerprint density at radius 2 is 2.00 bits per heavy atom. The van der Waals surface area contributed by atoms with Crippen LogP contribution < -0.4 is 5.32 Å². The second-order valence-corrected chi connectivity index (χ2v) is 5.02. The van der Waals surface area contributed by atoms with Crippen LogP contribution >= 0.6 is 23.2 Å². The molecule has 0 bridgehead atoms. The van der Waals surface area contributed by atoms with E-state index in [2.05, 4.69) is 5.32 Å². The maximum Gasteiger partial charge on any atom is 0.253 e. The number of hydrogen-bond acceptors (Lipinski definition) is 2. The summed E-state index contributed by atoms with van der Waals surface area (Å²) in [5.74, 6) is 0.116. The molecule has 0 saturated heterocycles. The van der Waals surface area contributed by atoms with E-state index in [4.69, 9.17) is 23.2 Å². The Balaban J connectivity index is 2.86. The number of rotatable bonds is 5. The van der Waals surface area contributed by atoms with E-state index >= 15 is 0 Å². The molecule has 0 aliphatic heterocycles. The zero-order valence-corrected chi connectivity index (χ0v) is 12.4. The topological polar surface area (TPSA) is 49.4 Å². The molecule has 104 valence electrons. The van der Waals surface area contributed by atoms with Gasteiger partial charge in [0, 0.05) is 32.0 Å². The Labute approximate surface area is 122 Å². The summed E-state index contributed by atoms with van der Waals surface area (Å²) in [4.78, 5) is 24.9. The molecular weight excluding hydrogens is 287 g/mol. The summed E-state index contributed by atoms with van der Waals surface area (Å²) in [5.41, 5.74) is 0.913. The summed E-state index contributed by atoms with van der Waals surface area (Å²) in [6.07, 6.45) is 0.924. The van der Waals surface area contributed by atoms with Gasteiger partial charge in [-0.2, -0.15) is 0 Å². The van der Waals surface area contributed by atoms with Crippen molar-refractivity contribution >= 4 is 40.7 Å². The van der Waals surface area contributed by atoms with Gasteiger partial charge in [-0.1, -0.05) is 11.6 Å². The molecule has 1 aromatic carbocycles. The highest BCUT2D eigenvalue weighted by atomic mass is 35.5. The molecule has 0 aliphatic carbocycles. The van der Waals surface area contributed by atoms with Crippen molar-refractivity contribution < 1.29 is 9.59 Å². The average molecular weight is 303 g/mol. The van der Waals surface area contributed by atoms with Crippen LogP contribution in [0.1, 0.15) is 23.2 Å². The Hall–Kier alpha value is -1.26. The first-order chi connectivity index (χ1) is 8.95. The predicted octanol–water partition coefficient (Wildman–Crippen LogP) is 3.00. The number of nitrogens with one attached hydrogen (secondary N) is 1. The van der Waals surface area contributed by atoms with Gasteiger partial charge in [0.1, 0.15) is 0 Å². The highest BCUT2D eigenvalue weighted by Crippen LogP contribution is 2.23. The molecule has 4 nitrogen and oxygen atoms in total. The first-order valence-corrected chi connectivity index (χ1v) is 6.74. The zero-order chi connectivity index (χ0) is 14.4. The third kappa shape index (κ3) is 4.73. The van der Waals surface area contributed by atoms with E-state index in [0.29, 0.717) is 35.0 Å². The lowest BCUT2D eigenvalue weighted by Crippen LogP contribution is -2.22. The lowest BCUT2D eigenvalue weighted by Gasteiger charge is -2.12. The summed E-state index contributed by atoms with van der Waals surface area (Å²) in [6.45, 7) is 0. The molecule has 0 spiro atoms. The number of benzene rings is 1. The number of alkyl halides is 1. The molecule has 1 rings (SSSR count). The third-order valence-corrected chi connectivity index (χ3v) is 3.03. The van der Waals surface area contributed by atoms with Gasteiger partial charge in [0.15, 0.2) is 0 Å². The Bertz CT molecular complexity index is 476. The number of carbonyl (C=O) groups excluding carboxylic acids is 2. The minimum Gasteiger partial charge on any atom is -0.345 e. The van der Waals surface area contributed by atoms with Crippen molar-refractivity contribution in [1.29, 1.82) is 0 Å².